The van der Waals surface area contributed by atoms with Gasteiger partial charge in [-0.2, -0.15) is 0 Å². The van der Waals surface area contributed by atoms with Gasteiger partial charge in [-0.25, -0.2) is 0 Å². The summed E-state index contributed by atoms with van der Waals surface area (Å²) in [5.74, 6) is 0. The third-order valence-electron chi connectivity index (χ3n) is 0.262. The van der Waals surface area contributed by atoms with Crippen molar-refractivity contribution >= 4 is 22.6 Å². The summed E-state index contributed by atoms with van der Waals surface area (Å²) in [6.45, 7) is 0. The second kappa shape index (κ2) is 2.12. The maximum atomic E-state index is 8.56. The second-order valence-electron chi connectivity index (χ2n) is 1.19. The first-order valence-electron chi connectivity index (χ1n) is 1.46. The molecule has 0 heterocycles. The molecule has 38 valence electrons. The molecule has 6 heavy (non-hydrogen) atoms. The molecule has 0 amide bonds. The summed E-state index contributed by atoms with van der Waals surface area (Å²) in [6.07, 6.45) is 0. The quantitative estimate of drug-likeness (QED) is 0.534. The van der Waals surface area contributed by atoms with E-state index in [9.17, 15) is 0 Å². The van der Waals surface area contributed by atoms with E-state index in [1.807, 2.05) is 0 Å². The van der Waals surface area contributed by atoms with Crippen molar-refractivity contribution in [2.45, 2.75) is 5.71 Å². The first-order valence-corrected chi connectivity index (χ1v) is 8.17. The Hall–Kier alpha value is 0.698. The minimum absolute atomic E-state index is 0.187. The number of aliphatic hydroxyl groups is 1. The van der Waals surface area contributed by atoms with E-state index in [0.29, 0.717) is 0 Å². The van der Waals surface area contributed by atoms with Gasteiger partial charge in [0.25, 0.3) is 0 Å². The number of hydrogen-bond acceptors (Lipinski definition) is 2. The van der Waals surface area contributed by atoms with Gasteiger partial charge in [-0.15, -0.1) is 0 Å². The van der Waals surface area contributed by atoms with E-state index in [4.69, 9.17) is 9.20 Å². The second-order valence-corrected chi connectivity index (χ2v) is 10.3. The third-order valence-corrected chi connectivity index (χ3v) is 1.96. The van der Waals surface area contributed by atoms with Gasteiger partial charge < -0.3 is 0 Å². The van der Waals surface area contributed by atoms with Crippen LogP contribution in [0.25, 0.3) is 0 Å². The topological polar surface area (TPSA) is 40.5 Å². The zero-order chi connectivity index (χ0) is 5.21. The molecule has 0 saturated carbocycles. The number of rotatable bonds is 1. The molecule has 2 nitrogen and oxygen atoms in total. The van der Waals surface area contributed by atoms with Crippen molar-refractivity contribution in [3.05, 3.63) is 0 Å². The first kappa shape index (κ1) is 6.70. The van der Waals surface area contributed by atoms with Crippen molar-refractivity contribution in [3.63, 3.8) is 0 Å². The molecule has 1 atom stereocenters. The average molecular weight is 170 g/mol. The van der Waals surface area contributed by atoms with E-state index >= 15 is 0 Å². The third kappa shape index (κ3) is 4.70. The summed E-state index contributed by atoms with van der Waals surface area (Å²) in [6, 6.07) is 0. The van der Waals surface area contributed by atoms with Crippen LogP contribution in [0.15, 0.2) is 0 Å². The summed E-state index contributed by atoms with van der Waals surface area (Å²) in [7, 11) is 4.46. The Labute approximate surface area is 43.4 Å². The van der Waals surface area contributed by atoms with Gasteiger partial charge >= 0.3 is 42.9 Å². The van der Waals surface area contributed by atoms with E-state index in [1.165, 1.54) is 5.71 Å². The van der Waals surface area contributed by atoms with Crippen LogP contribution in [0.3, 0.4) is 0 Å². The molecule has 0 saturated heterocycles. The molecule has 4 heteroatoms. The monoisotopic (exact) mass is 170 g/mol. The number of aliphatic hydroxyl groups excluding tert-OH is 1. The molecule has 0 aromatic heterocycles. The fourth-order valence-electron chi connectivity index (χ4n) is 0. The Morgan fingerprint density at radius 2 is 2.00 bits per heavy atom. The van der Waals surface area contributed by atoms with Crippen LogP contribution in [0.4, 0.5) is 0 Å². The van der Waals surface area contributed by atoms with Crippen LogP contribution in [-0.2, 0) is 0 Å². The molecule has 0 radical (unpaired) electrons. The van der Waals surface area contributed by atoms with Crippen LogP contribution in [0.2, 0.25) is 5.71 Å². The van der Waals surface area contributed by atoms with Gasteiger partial charge in [-0.3, -0.25) is 0 Å². The summed E-state index contributed by atoms with van der Waals surface area (Å²) in [5, 5.41) is 7.94. The van der Waals surface area contributed by atoms with E-state index in [-0.39, 0.29) is 5.39 Å². The van der Waals surface area contributed by atoms with Crippen LogP contribution >= 0.6 is 10.4 Å². The normalized spacial score (nSPS) is 19.8. The Bertz CT molecular complexity index is 75.6. The van der Waals surface area contributed by atoms with Gasteiger partial charge in [0.2, 0.25) is 0 Å². The molecule has 0 spiro atoms. The Kier molecular flexibility index (Phi) is 2.37. The van der Waals surface area contributed by atoms with Crippen molar-refractivity contribution in [1.82, 2.24) is 0 Å². The zero-order valence-corrected chi connectivity index (χ0v) is 6.15. The van der Waals surface area contributed by atoms with Crippen molar-refractivity contribution < 1.29 is 9.20 Å². The molecule has 0 aromatic rings. The molecule has 2 N–H and O–H groups in total. The van der Waals surface area contributed by atoms with Crippen LogP contribution in [0, 0.1) is 0 Å². The van der Waals surface area contributed by atoms with E-state index in [0.717, 1.165) is 0 Å². The van der Waals surface area contributed by atoms with Crippen molar-refractivity contribution in [2.75, 3.05) is 5.39 Å². The fraction of sp³-hybridized carbons (Fsp3) is 1.00. The van der Waals surface area contributed by atoms with Crippen LogP contribution < -0.4 is 0 Å². The fourth-order valence-corrected chi connectivity index (χ4v) is 0. The standard InChI is InChI=1S/C2H7AsO2S/c1-3(5,6)2-4/h4H,2H2,1H3,(H,5,6). The van der Waals surface area contributed by atoms with Gasteiger partial charge in [-0.05, 0) is 0 Å². The van der Waals surface area contributed by atoms with Crippen molar-refractivity contribution in [3.8, 4) is 0 Å². The van der Waals surface area contributed by atoms with Gasteiger partial charge in [0, 0.05) is 0 Å². The predicted octanol–water partition coefficient (Wildman–Crippen LogP) is -0.220. The molecule has 0 fully saturated rings. The van der Waals surface area contributed by atoms with E-state index in [2.05, 4.69) is 10.4 Å². The van der Waals surface area contributed by atoms with Crippen LogP contribution in [0.1, 0.15) is 0 Å². The predicted molar refractivity (Wildman–Crippen MR) is 28.5 cm³/mol. The van der Waals surface area contributed by atoms with Crippen molar-refractivity contribution in [1.29, 1.82) is 0 Å². The summed E-state index contributed by atoms with van der Waals surface area (Å²) >= 11 is -2.77. The Morgan fingerprint density at radius 1 is 1.83 bits per heavy atom. The molecular weight excluding hydrogens is 163 g/mol. The molecule has 0 bridgehead atoms. The maximum absolute atomic E-state index is 8.56. The molecule has 0 aliphatic carbocycles. The number of hydrogen-bond donors (Lipinski definition) is 2. The zero-order valence-electron chi connectivity index (χ0n) is 3.46. The minimum atomic E-state index is -2.77. The van der Waals surface area contributed by atoms with Crippen LogP contribution in [-0.4, -0.2) is 26.8 Å². The molecule has 0 rings (SSSR count). The SMILES string of the molecule is C[As](O)(=S)CO. The Balaban J connectivity index is 3.48. The van der Waals surface area contributed by atoms with E-state index < -0.39 is 12.2 Å². The molecule has 0 aliphatic rings. The van der Waals surface area contributed by atoms with E-state index in [1.54, 1.807) is 0 Å². The molecule has 0 aliphatic heterocycles. The average Bonchev–Trinajstić information content (AvgIpc) is 1.35. The molecule has 0 aromatic carbocycles. The summed E-state index contributed by atoms with van der Waals surface area (Å²) in [4.78, 5) is 0. The van der Waals surface area contributed by atoms with Crippen molar-refractivity contribution in [2.24, 2.45) is 0 Å². The molecular formula is C2H7AsO2S. The Morgan fingerprint density at radius 3 is 2.00 bits per heavy atom. The summed E-state index contributed by atoms with van der Waals surface area (Å²) in [5.41, 5.74) is 1.54. The van der Waals surface area contributed by atoms with Crippen LogP contribution in [0.5, 0.6) is 0 Å². The van der Waals surface area contributed by atoms with Gasteiger partial charge in [0.15, 0.2) is 0 Å². The first-order chi connectivity index (χ1) is 2.56. The van der Waals surface area contributed by atoms with Gasteiger partial charge in [-0.1, -0.05) is 0 Å². The molecule has 1 unspecified atom stereocenters. The van der Waals surface area contributed by atoms with Gasteiger partial charge in [0.05, 0.1) is 0 Å². The van der Waals surface area contributed by atoms with Gasteiger partial charge in [0.1, 0.15) is 0 Å². The summed E-state index contributed by atoms with van der Waals surface area (Å²) < 4.78 is 8.56.